The van der Waals surface area contributed by atoms with Crippen molar-refractivity contribution in [1.82, 2.24) is 0 Å². The average Bonchev–Trinajstić information content (AvgIpc) is 2.15. The molecule has 0 saturated carbocycles. The number of hydrogen-bond acceptors (Lipinski definition) is 2. The van der Waals surface area contributed by atoms with E-state index in [9.17, 15) is 4.79 Å². The fourth-order valence-electron chi connectivity index (χ4n) is 2.17. The molecule has 0 bridgehead atoms. The second-order valence-electron chi connectivity index (χ2n) is 4.68. The Morgan fingerprint density at radius 2 is 2.00 bits per heavy atom. The molecule has 1 fully saturated rings. The summed E-state index contributed by atoms with van der Waals surface area (Å²) in [6.45, 7) is 5.05. The predicted molar refractivity (Wildman–Crippen MR) is 62.2 cm³/mol. The Kier molecular flexibility index (Phi) is 2.72. The molecule has 0 aliphatic carbocycles. The molecule has 3 heteroatoms. The van der Waals surface area contributed by atoms with Crippen molar-refractivity contribution in [3.05, 3.63) is 35.4 Å². The summed E-state index contributed by atoms with van der Waals surface area (Å²) in [5.74, 6) is 0.0971. The standard InChI is InChI=1S/C13H17NO2/c1-9(2)10-5-3-4-6-11(10)13(12(14)15)7-16-8-13/h3-6,9H,7-8H2,1-2H3,(H2,14,15). The van der Waals surface area contributed by atoms with E-state index in [0.717, 1.165) is 5.56 Å². The lowest BCUT2D eigenvalue weighted by atomic mass is 9.74. The topological polar surface area (TPSA) is 52.3 Å². The maximum absolute atomic E-state index is 11.6. The van der Waals surface area contributed by atoms with Gasteiger partial charge in [-0.1, -0.05) is 38.1 Å². The van der Waals surface area contributed by atoms with Gasteiger partial charge in [0.25, 0.3) is 0 Å². The van der Waals surface area contributed by atoms with Gasteiger partial charge in [0.1, 0.15) is 5.41 Å². The van der Waals surface area contributed by atoms with Crippen LogP contribution in [0.25, 0.3) is 0 Å². The summed E-state index contributed by atoms with van der Waals surface area (Å²) in [4.78, 5) is 11.6. The van der Waals surface area contributed by atoms with E-state index in [-0.39, 0.29) is 5.91 Å². The van der Waals surface area contributed by atoms with Crippen molar-refractivity contribution in [2.75, 3.05) is 13.2 Å². The molecular formula is C13H17NO2. The summed E-state index contributed by atoms with van der Waals surface area (Å²) in [5.41, 5.74) is 7.13. The first kappa shape index (κ1) is 11.1. The van der Waals surface area contributed by atoms with Gasteiger partial charge in [0.05, 0.1) is 13.2 Å². The smallest absolute Gasteiger partial charge is 0.232 e. The van der Waals surface area contributed by atoms with Gasteiger partial charge in [0, 0.05) is 0 Å². The van der Waals surface area contributed by atoms with E-state index in [1.54, 1.807) is 0 Å². The maximum Gasteiger partial charge on any atom is 0.232 e. The lowest BCUT2D eigenvalue weighted by Crippen LogP contribution is -2.56. The number of primary amides is 1. The van der Waals surface area contributed by atoms with E-state index in [1.165, 1.54) is 5.56 Å². The number of ether oxygens (including phenoxy) is 1. The first-order valence-electron chi connectivity index (χ1n) is 5.55. The first-order valence-corrected chi connectivity index (χ1v) is 5.55. The van der Waals surface area contributed by atoms with E-state index >= 15 is 0 Å². The van der Waals surface area contributed by atoms with Crippen LogP contribution in [0.4, 0.5) is 0 Å². The minimum absolute atomic E-state index is 0.285. The van der Waals surface area contributed by atoms with Crippen molar-refractivity contribution in [1.29, 1.82) is 0 Å². The first-order chi connectivity index (χ1) is 7.58. The van der Waals surface area contributed by atoms with Gasteiger partial charge in [-0.15, -0.1) is 0 Å². The fourth-order valence-corrected chi connectivity index (χ4v) is 2.17. The lowest BCUT2D eigenvalue weighted by Gasteiger charge is -2.40. The normalized spacial score (nSPS) is 18.2. The maximum atomic E-state index is 11.6. The van der Waals surface area contributed by atoms with Gasteiger partial charge in [0.15, 0.2) is 0 Å². The molecule has 16 heavy (non-hydrogen) atoms. The molecule has 0 unspecified atom stereocenters. The number of carbonyl (C=O) groups excluding carboxylic acids is 1. The molecule has 1 heterocycles. The molecule has 2 rings (SSSR count). The van der Waals surface area contributed by atoms with Crippen LogP contribution >= 0.6 is 0 Å². The Balaban J connectivity index is 2.50. The summed E-state index contributed by atoms with van der Waals surface area (Å²) in [7, 11) is 0. The zero-order valence-electron chi connectivity index (χ0n) is 9.69. The molecule has 0 aromatic heterocycles. The molecule has 0 radical (unpaired) electrons. The Hall–Kier alpha value is -1.35. The summed E-state index contributed by atoms with van der Waals surface area (Å²) >= 11 is 0. The van der Waals surface area contributed by atoms with Crippen LogP contribution in [0.15, 0.2) is 24.3 Å². The summed E-state index contributed by atoms with van der Waals surface area (Å²) in [5, 5.41) is 0. The number of nitrogens with two attached hydrogens (primary N) is 1. The molecule has 2 N–H and O–H groups in total. The van der Waals surface area contributed by atoms with Crippen LogP contribution in [0.5, 0.6) is 0 Å². The fraction of sp³-hybridized carbons (Fsp3) is 0.462. The SMILES string of the molecule is CC(C)c1ccccc1C1(C(N)=O)COC1. The zero-order chi connectivity index (χ0) is 11.8. The number of carbonyl (C=O) groups is 1. The highest BCUT2D eigenvalue weighted by Gasteiger charge is 2.47. The number of hydrogen-bond donors (Lipinski definition) is 1. The summed E-state index contributed by atoms with van der Waals surface area (Å²) < 4.78 is 5.19. The average molecular weight is 219 g/mol. The van der Waals surface area contributed by atoms with E-state index in [1.807, 2.05) is 18.2 Å². The third kappa shape index (κ3) is 1.52. The van der Waals surface area contributed by atoms with Crippen LogP contribution in [0.1, 0.15) is 30.9 Å². The third-order valence-electron chi connectivity index (χ3n) is 3.27. The van der Waals surface area contributed by atoms with Gasteiger partial charge in [-0.25, -0.2) is 0 Å². The minimum atomic E-state index is -0.596. The quantitative estimate of drug-likeness (QED) is 0.838. The van der Waals surface area contributed by atoms with Gasteiger partial charge in [0.2, 0.25) is 5.91 Å². The molecule has 1 aliphatic heterocycles. The van der Waals surface area contributed by atoms with Crippen LogP contribution in [0.3, 0.4) is 0 Å². The monoisotopic (exact) mass is 219 g/mol. The summed E-state index contributed by atoms with van der Waals surface area (Å²) in [6.07, 6.45) is 0. The number of rotatable bonds is 3. The van der Waals surface area contributed by atoms with E-state index in [0.29, 0.717) is 19.1 Å². The second-order valence-corrected chi connectivity index (χ2v) is 4.68. The molecule has 0 spiro atoms. The molecule has 86 valence electrons. The van der Waals surface area contributed by atoms with E-state index in [2.05, 4.69) is 19.9 Å². The Bertz CT molecular complexity index is 408. The van der Waals surface area contributed by atoms with Crippen LogP contribution in [-0.2, 0) is 14.9 Å². The molecule has 1 amide bonds. The highest BCUT2D eigenvalue weighted by Crippen LogP contribution is 2.36. The molecule has 1 saturated heterocycles. The van der Waals surface area contributed by atoms with Crippen molar-refractivity contribution >= 4 is 5.91 Å². The van der Waals surface area contributed by atoms with Gasteiger partial charge >= 0.3 is 0 Å². The van der Waals surface area contributed by atoms with Gasteiger partial charge in [-0.3, -0.25) is 4.79 Å². The molecule has 1 aliphatic rings. The lowest BCUT2D eigenvalue weighted by molar-refractivity contribution is -0.141. The molecule has 1 aromatic carbocycles. The second kappa shape index (κ2) is 3.91. The van der Waals surface area contributed by atoms with E-state index in [4.69, 9.17) is 10.5 Å². The van der Waals surface area contributed by atoms with Crippen LogP contribution in [0.2, 0.25) is 0 Å². The Morgan fingerprint density at radius 3 is 2.44 bits per heavy atom. The molecule has 0 atom stereocenters. The van der Waals surface area contributed by atoms with Gasteiger partial charge in [-0.2, -0.15) is 0 Å². The van der Waals surface area contributed by atoms with Crippen LogP contribution in [-0.4, -0.2) is 19.1 Å². The van der Waals surface area contributed by atoms with Gasteiger partial charge < -0.3 is 10.5 Å². The molecular weight excluding hydrogens is 202 g/mol. The van der Waals surface area contributed by atoms with Crippen molar-refractivity contribution < 1.29 is 9.53 Å². The summed E-state index contributed by atoms with van der Waals surface area (Å²) in [6, 6.07) is 7.99. The largest absolute Gasteiger partial charge is 0.378 e. The zero-order valence-corrected chi connectivity index (χ0v) is 9.69. The van der Waals surface area contributed by atoms with Crippen molar-refractivity contribution in [3.63, 3.8) is 0 Å². The number of benzene rings is 1. The van der Waals surface area contributed by atoms with E-state index < -0.39 is 5.41 Å². The van der Waals surface area contributed by atoms with Crippen LogP contribution in [0, 0.1) is 0 Å². The third-order valence-corrected chi connectivity index (χ3v) is 3.27. The van der Waals surface area contributed by atoms with Crippen molar-refractivity contribution in [3.8, 4) is 0 Å². The van der Waals surface area contributed by atoms with Crippen molar-refractivity contribution in [2.45, 2.75) is 25.2 Å². The highest BCUT2D eigenvalue weighted by atomic mass is 16.5. The Labute approximate surface area is 95.6 Å². The Morgan fingerprint density at radius 1 is 1.38 bits per heavy atom. The van der Waals surface area contributed by atoms with Crippen molar-refractivity contribution in [2.24, 2.45) is 5.73 Å². The predicted octanol–water partition coefficient (Wildman–Crippen LogP) is 1.56. The molecule has 3 nitrogen and oxygen atoms in total. The highest BCUT2D eigenvalue weighted by molar-refractivity contribution is 5.88. The molecule has 1 aromatic rings. The van der Waals surface area contributed by atoms with Crippen LogP contribution < -0.4 is 5.73 Å². The minimum Gasteiger partial charge on any atom is -0.378 e. The number of amides is 1. The van der Waals surface area contributed by atoms with Gasteiger partial charge in [-0.05, 0) is 17.0 Å².